The summed E-state index contributed by atoms with van der Waals surface area (Å²) in [5, 5.41) is 11.9. The first kappa shape index (κ1) is 9.07. The van der Waals surface area contributed by atoms with Crippen LogP contribution < -0.4 is 0 Å². The second-order valence-electron chi connectivity index (χ2n) is 2.53. The Morgan fingerprint density at radius 3 is 2.92 bits per heavy atom. The van der Waals surface area contributed by atoms with Crippen LogP contribution in [0.1, 0.15) is 5.56 Å². The quantitative estimate of drug-likeness (QED) is 0.723. The summed E-state index contributed by atoms with van der Waals surface area (Å²) < 4.78 is 1.85. The van der Waals surface area contributed by atoms with Crippen LogP contribution >= 0.6 is 39.9 Å². The van der Waals surface area contributed by atoms with Crippen molar-refractivity contribution in [2.75, 3.05) is 0 Å². The van der Waals surface area contributed by atoms with Gasteiger partial charge in [-0.15, -0.1) is 24.0 Å². The minimum atomic E-state index is 0.697. The van der Waals surface area contributed by atoms with Crippen molar-refractivity contribution >= 4 is 50.0 Å². The summed E-state index contributed by atoms with van der Waals surface area (Å²) in [5.74, 6) is 0. The molecule has 1 aromatic carbocycles. The summed E-state index contributed by atoms with van der Waals surface area (Å²) in [6, 6.07) is 6.03. The van der Waals surface area contributed by atoms with E-state index in [0.717, 1.165) is 19.5 Å². The minimum absolute atomic E-state index is 0.697. The van der Waals surface area contributed by atoms with Crippen molar-refractivity contribution in [3.8, 4) is 6.07 Å². The summed E-state index contributed by atoms with van der Waals surface area (Å²) in [6.45, 7) is 0. The zero-order chi connectivity index (χ0) is 9.42. The maximum atomic E-state index is 8.93. The average molecular weight is 270 g/mol. The molecule has 0 saturated carbocycles. The van der Waals surface area contributed by atoms with Gasteiger partial charge in [-0.2, -0.15) is 5.26 Å². The molecule has 0 amide bonds. The van der Waals surface area contributed by atoms with Crippen LogP contribution in [0.4, 0.5) is 0 Å². The van der Waals surface area contributed by atoms with Crippen LogP contribution in [0.25, 0.3) is 10.1 Å². The highest BCUT2D eigenvalue weighted by Crippen LogP contribution is 2.34. The molecule has 1 nitrogen and oxygen atoms in total. The lowest BCUT2D eigenvalue weighted by Gasteiger charge is -1.96. The number of nitrogens with zero attached hydrogens (tertiary/aromatic N) is 1. The molecule has 0 saturated heterocycles. The number of thiophene rings is 1. The lowest BCUT2D eigenvalue weighted by Crippen LogP contribution is -1.76. The Labute approximate surface area is 93.5 Å². The Bertz CT molecular complexity index is 510. The van der Waals surface area contributed by atoms with E-state index in [0.29, 0.717) is 5.56 Å². The normalized spacial score (nSPS) is 10.2. The van der Waals surface area contributed by atoms with Crippen molar-refractivity contribution in [1.82, 2.24) is 0 Å². The Morgan fingerprint density at radius 2 is 2.23 bits per heavy atom. The average Bonchev–Trinajstić information content (AvgIpc) is 2.48. The van der Waals surface area contributed by atoms with Crippen molar-refractivity contribution in [1.29, 1.82) is 5.26 Å². The molecule has 0 unspecified atom stereocenters. The van der Waals surface area contributed by atoms with Crippen LogP contribution in [-0.4, -0.2) is 0 Å². The zero-order valence-electron chi connectivity index (χ0n) is 6.41. The minimum Gasteiger partial charge on any atom is -0.192 e. The maximum absolute atomic E-state index is 8.93. The number of hydrogen-bond donors (Lipinski definition) is 1. The van der Waals surface area contributed by atoms with Gasteiger partial charge in [0, 0.05) is 20.1 Å². The molecule has 0 aliphatic rings. The van der Waals surface area contributed by atoms with Gasteiger partial charge in [0.2, 0.25) is 0 Å². The number of hydrogen-bond acceptors (Lipinski definition) is 3. The Morgan fingerprint density at radius 1 is 1.46 bits per heavy atom. The number of rotatable bonds is 0. The number of nitriles is 1. The molecule has 0 spiro atoms. The van der Waals surface area contributed by atoms with Crippen LogP contribution in [0.5, 0.6) is 0 Å². The summed E-state index contributed by atoms with van der Waals surface area (Å²) in [5.41, 5.74) is 0.697. The highest BCUT2D eigenvalue weighted by atomic mass is 79.9. The van der Waals surface area contributed by atoms with E-state index < -0.39 is 0 Å². The van der Waals surface area contributed by atoms with E-state index in [1.54, 1.807) is 11.3 Å². The first-order valence-electron chi connectivity index (χ1n) is 3.53. The smallest absolute Gasteiger partial charge is 0.102 e. The molecule has 1 aromatic heterocycles. The third-order valence-electron chi connectivity index (χ3n) is 1.78. The molecule has 2 rings (SSSR count). The molecule has 0 bridgehead atoms. The van der Waals surface area contributed by atoms with E-state index in [2.05, 4.69) is 34.6 Å². The fourth-order valence-corrected chi connectivity index (χ4v) is 3.07. The lowest BCUT2D eigenvalue weighted by molar-refractivity contribution is 1.49. The molecule has 13 heavy (non-hydrogen) atoms. The second-order valence-corrected chi connectivity index (χ2v) is 4.75. The van der Waals surface area contributed by atoms with Gasteiger partial charge in [0.1, 0.15) is 6.07 Å². The number of halogens is 1. The predicted octanol–water partition coefficient (Wildman–Crippen LogP) is 3.82. The third kappa shape index (κ3) is 1.37. The Balaban J connectivity index is 2.95. The standard InChI is InChI=1S/C9H4BrNS2/c10-7-2-1-5-8(12)4-13-9(5)6(7)3-11/h1-2,4,12H. The van der Waals surface area contributed by atoms with Crippen molar-refractivity contribution in [3.63, 3.8) is 0 Å². The highest BCUT2D eigenvalue weighted by Gasteiger charge is 2.08. The zero-order valence-corrected chi connectivity index (χ0v) is 9.71. The molecule has 0 fully saturated rings. The molecular weight excluding hydrogens is 266 g/mol. The van der Waals surface area contributed by atoms with Gasteiger partial charge in [0.25, 0.3) is 0 Å². The van der Waals surface area contributed by atoms with Crippen LogP contribution in [0.2, 0.25) is 0 Å². The van der Waals surface area contributed by atoms with Gasteiger partial charge in [-0.3, -0.25) is 0 Å². The summed E-state index contributed by atoms with van der Waals surface area (Å²) in [7, 11) is 0. The van der Waals surface area contributed by atoms with Crippen LogP contribution in [0.15, 0.2) is 26.9 Å². The van der Waals surface area contributed by atoms with E-state index in [-0.39, 0.29) is 0 Å². The molecule has 4 heteroatoms. The van der Waals surface area contributed by atoms with Crippen molar-refractivity contribution < 1.29 is 0 Å². The highest BCUT2D eigenvalue weighted by molar-refractivity contribution is 9.10. The van der Waals surface area contributed by atoms with E-state index in [1.165, 1.54) is 0 Å². The molecule has 1 heterocycles. The predicted molar refractivity (Wildman–Crippen MR) is 61.5 cm³/mol. The van der Waals surface area contributed by atoms with Gasteiger partial charge in [0.05, 0.1) is 10.3 Å². The first-order valence-corrected chi connectivity index (χ1v) is 5.65. The topological polar surface area (TPSA) is 23.8 Å². The van der Waals surface area contributed by atoms with Gasteiger partial charge in [-0.05, 0) is 22.0 Å². The van der Waals surface area contributed by atoms with Gasteiger partial charge in [-0.25, -0.2) is 0 Å². The molecule has 2 aromatic rings. The van der Waals surface area contributed by atoms with E-state index >= 15 is 0 Å². The van der Waals surface area contributed by atoms with Crippen LogP contribution in [0, 0.1) is 11.3 Å². The first-order chi connectivity index (χ1) is 6.24. The molecule has 0 N–H and O–H groups in total. The van der Waals surface area contributed by atoms with Gasteiger partial charge in [-0.1, -0.05) is 6.07 Å². The number of fused-ring (bicyclic) bond motifs is 1. The Hall–Kier alpha value is -0.500. The summed E-state index contributed by atoms with van der Waals surface area (Å²) in [4.78, 5) is 0.934. The van der Waals surface area contributed by atoms with Crippen LogP contribution in [-0.2, 0) is 0 Å². The summed E-state index contributed by atoms with van der Waals surface area (Å²) in [6.07, 6.45) is 0. The van der Waals surface area contributed by atoms with E-state index in [4.69, 9.17) is 5.26 Å². The second kappa shape index (κ2) is 3.33. The monoisotopic (exact) mass is 269 g/mol. The molecule has 64 valence electrons. The molecule has 0 atom stereocenters. The number of benzene rings is 1. The third-order valence-corrected chi connectivity index (χ3v) is 4.00. The summed E-state index contributed by atoms with van der Waals surface area (Å²) >= 11 is 9.20. The van der Waals surface area contributed by atoms with Gasteiger partial charge >= 0.3 is 0 Å². The maximum Gasteiger partial charge on any atom is 0.102 e. The van der Waals surface area contributed by atoms with E-state index in [1.807, 2.05) is 17.5 Å². The SMILES string of the molecule is N#Cc1c(Br)ccc2c(S)csc12. The van der Waals surface area contributed by atoms with Crippen LogP contribution in [0.3, 0.4) is 0 Å². The molecular formula is C9H4BrNS2. The Kier molecular flexibility index (Phi) is 2.33. The molecule has 0 radical (unpaired) electrons. The van der Waals surface area contributed by atoms with Crippen molar-refractivity contribution in [2.24, 2.45) is 0 Å². The fraction of sp³-hybridized carbons (Fsp3) is 0. The lowest BCUT2D eigenvalue weighted by atomic mass is 10.2. The fourth-order valence-electron chi connectivity index (χ4n) is 1.17. The van der Waals surface area contributed by atoms with Gasteiger partial charge < -0.3 is 0 Å². The van der Waals surface area contributed by atoms with Gasteiger partial charge in [0.15, 0.2) is 0 Å². The largest absolute Gasteiger partial charge is 0.192 e. The number of thiol groups is 1. The molecule has 0 aliphatic heterocycles. The van der Waals surface area contributed by atoms with Crippen molar-refractivity contribution in [2.45, 2.75) is 4.90 Å². The molecule has 0 aliphatic carbocycles. The van der Waals surface area contributed by atoms with Crippen molar-refractivity contribution in [3.05, 3.63) is 27.5 Å². The van der Waals surface area contributed by atoms with E-state index in [9.17, 15) is 0 Å².